The van der Waals surface area contributed by atoms with Gasteiger partial charge in [-0.05, 0) is 52.0 Å². The minimum Gasteiger partial charge on any atom is -0.465 e. The molecule has 0 spiro atoms. The van der Waals surface area contributed by atoms with Gasteiger partial charge in [0, 0.05) is 13.2 Å². The topological polar surface area (TPSA) is 47.6 Å². The van der Waals surface area contributed by atoms with Crippen LogP contribution in [0.4, 0.5) is 0 Å². The molecule has 2 unspecified atom stereocenters. The Morgan fingerprint density at radius 1 is 1.32 bits per heavy atom. The van der Waals surface area contributed by atoms with Crippen molar-refractivity contribution in [3.8, 4) is 0 Å². The zero-order chi connectivity index (χ0) is 14.1. The van der Waals surface area contributed by atoms with Crippen LogP contribution in [-0.4, -0.2) is 37.9 Å². The van der Waals surface area contributed by atoms with Gasteiger partial charge >= 0.3 is 5.97 Å². The largest absolute Gasteiger partial charge is 0.465 e. The number of nitrogens with one attached hydrogen (secondary N) is 1. The molecule has 1 aliphatic carbocycles. The van der Waals surface area contributed by atoms with Crippen molar-refractivity contribution in [3.63, 3.8) is 0 Å². The van der Waals surface area contributed by atoms with Crippen LogP contribution in [0, 0.1) is 5.92 Å². The Kier molecular flexibility index (Phi) is 7.39. The molecular weight excluding hydrogens is 242 g/mol. The fourth-order valence-corrected chi connectivity index (χ4v) is 3.02. The molecule has 1 N–H and O–H groups in total. The van der Waals surface area contributed by atoms with E-state index in [0.29, 0.717) is 12.5 Å². The minimum atomic E-state index is -0.469. The van der Waals surface area contributed by atoms with E-state index in [9.17, 15) is 4.79 Å². The van der Waals surface area contributed by atoms with E-state index in [1.165, 1.54) is 0 Å². The van der Waals surface area contributed by atoms with Gasteiger partial charge in [0.05, 0.1) is 6.61 Å². The number of ether oxygens (including phenoxy) is 2. The van der Waals surface area contributed by atoms with Crippen LogP contribution in [0.15, 0.2) is 0 Å². The highest BCUT2D eigenvalue weighted by atomic mass is 16.5. The fourth-order valence-electron chi connectivity index (χ4n) is 3.02. The van der Waals surface area contributed by atoms with E-state index in [1.807, 2.05) is 13.8 Å². The van der Waals surface area contributed by atoms with Crippen LogP contribution < -0.4 is 5.32 Å². The molecule has 112 valence electrons. The van der Waals surface area contributed by atoms with E-state index in [4.69, 9.17) is 9.47 Å². The van der Waals surface area contributed by atoms with Crippen molar-refractivity contribution in [1.29, 1.82) is 0 Å². The normalized spacial score (nSPS) is 26.6. The van der Waals surface area contributed by atoms with Gasteiger partial charge in [-0.3, -0.25) is 4.79 Å². The lowest BCUT2D eigenvalue weighted by atomic mass is 9.84. The average Bonchev–Trinajstić information content (AvgIpc) is 2.81. The highest BCUT2D eigenvalue weighted by molar-refractivity contribution is 5.81. The number of hydrogen-bond donors (Lipinski definition) is 1. The summed E-state index contributed by atoms with van der Waals surface area (Å²) in [6.45, 7) is 8.78. The quantitative estimate of drug-likeness (QED) is 0.517. The summed E-state index contributed by atoms with van der Waals surface area (Å²) in [4.78, 5) is 12.4. The second-order valence-corrected chi connectivity index (χ2v) is 5.19. The third-order valence-corrected chi connectivity index (χ3v) is 3.97. The lowest BCUT2D eigenvalue weighted by molar-refractivity contribution is -0.153. The molecule has 2 atom stereocenters. The van der Waals surface area contributed by atoms with Gasteiger partial charge in [-0.2, -0.15) is 0 Å². The molecule has 4 heteroatoms. The van der Waals surface area contributed by atoms with Crippen LogP contribution in [0.3, 0.4) is 0 Å². The Hall–Kier alpha value is -0.610. The smallest absolute Gasteiger partial charge is 0.326 e. The monoisotopic (exact) mass is 271 g/mol. The predicted octanol–water partition coefficient (Wildman–Crippen LogP) is 2.51. The third kappa shape index (κ3) is 4.18. The Balaban J connectivity index is 2.71. The third-order valence-electron chi connectivity index (χ3n) is 3.97. The van der Waals surface area contributed by atoms with Crippen molar-refractivity contribution >= 4 is 5.97 Å². The van der Waals surface area contributed by atoms with Crippen LogP contribution in [-0.2, 0) is 14.3 Å². The number of carbonyl (C=O) groups is 1. The van der Waals surface area contributed by atoms with Gasteiger partial charge in [-0.25, -0.2) is 0 Å². The molecule has 1 rings (SSSR count). The van der Waals surface area contributed by atoms with Gasteiger partial charge in [0.25, 0.3) is 0 Å². The summed E-state index contributed by atoms with van der Waals surface area (Å²) in [6.07, 6.45) is 5.03. The van der Waals surface area contributed by atoms with Crippen LogP contribution in [0.25, 0.3) is 0 Å². The van der Waals surface area contributed by atoms with Crippen LogP contribution in [0.1, 0.15) is 52.9 Å². The van der Waals surface area contributed by atoms with Crippen molar-refractivity contribution in [2.24, 2.45) is 5.92 Å². The summed E-state index contributed by atoms with van der Waals surface area (Å²) in [7, 11) is 0. The molecule has 0 aromatic carbocycles. The first-order valence-corrected chi connectivity index (χ1v) is 7.71. The minimum absolute atomic E-state index is 0.0672. The average molecular weight is 271 g/mol. The first-order valence-electron chi connectivity index (χ1n) is 7.71. The van der Waals surface area contributed by atoms with Gasteiger partial charge < -0.3 is 14.8 Å². The first-order chi connectivity index (χ1) is 9.21. The predicted molar refractivity (Wildman–Crippen MR) is 76.1 cm³/mol. The molecule has 0 aromatic rings. The lowest BCUT2D eigenvalue weighted by Gasteiger charge is -2.34. The van der Waals surface area contributed by atoms with Crippen molar-refractivity contribution < 1.29 is 14.3 Å². The summed E-state index contributed by atoms with van der Waals surface area (Å²) < 4.78 is 10.8. The lowest BCUT2D eigenvalue weighted by Crippen LogP contribution is -2.56. The summed E-state index contributed by atoms with van der Waals surface area (Å²) >= 11 is 0. The Morgan fingerprint density at radius 2 is 2.11 bits per heavy atom. The van der Waals surface area contributed by atoms with E-state index in [2.05, 4.69) is 12.2 Å². The highest BCUT2D eigenvalue weighted by Crippen LogP contribution is 2.39. The second kappa shape index (κ2) is 8.54. The molecule has 1 aliphatic rings. The van der Waals surface area contributed by atoms with Crippen LogP contribution >= 0.6 is 0 Å². The zero-order valence-corrected chi connectivity index (χ0v) is 12.7. The maximum Gasteiger partial charge on any atom is 0.326 e. The molecule has 0 aliphatic heterocycles. The number of carbonyl (C=O) groups excluding carboxylic acids is 1. The molecule has 19 heavy (non-hydrogen) atoms. The summed E-state index contributed by atoms with van der Waals surface area (Å²) in [5, 5.41) is 3.48. The Bertz CT molecular complexity index is 270. The van der Waals surface area contributed by atoms with E-state index in [0.717, 1.165) is 51.9 Å². The number of hydrogen-bond acceptors (Lipinski definition) is 4. The zero-order valence-electron chi connectivity index (χ0n) is 12.7. The number of esters is 1. The van der Waals surface area contributed by atoms with Crippen molar-refractivity contribution in [2.75, 3.05) is 26.4 Å². The van der Waals surface area contributed by atoms with E-state index < -0.39 is 5.54 Å². The molecule has 0 radical (unpaired) electrons. The second-order valence-electron chi connectivity index (χ2n) is 5.19. The van der Waals surface area contributed by atoms with Crippen molar-refractivity contribution in [3.05, 3.63) is 0 Å². The standard InChI is InChI=1S/C15H29NO3/c1-4-11-16-15(14(17)19-6-3)10-7-8-13(15)9-12-18-5-2/h13,16H,4-12H2,1-3H3. The maximum atomic E-state index is 12.4. The molecular formula is C15H29NO3. The first kappa shape index (κ1) is 16.4. The Labute approximate surface area is 117 Å². The van der Waals surface area contributed by atoms with E-state index in [-0.39, 0.29) is 5.97 Å². The fraction of sp³-hybridized carbons (Fsp3) is 0.933. The molecule has 0 amide bonds. The molecule has 1 saturated carbocycles. The molecule has 0 bridgehead atoms. The van der Waals surface area contributed by atoms with Crippen molar-refractivity contribution in [1.82, 2.24) is 5.32 Å². The molecule has 0 saturated heterocycles. The van der Waals surface area contributed by atoms with Gasteiger partial charge in [0.15, 0.2) is 0 Å². The molecule has 4 nitrogen and oxygen atoms in total. The molecule has 0 aromatic heterocycles. The number of rotatable bonds is 9. The van der Waals surface area contributed by atoms with Gasteiger partial charge in [0.1, 0.15) is 5.54 Å². The van der Waals surface area contributed by atoms with Crippen LogP contribution in [0.2, 0.25) is 0 Å². The highest BCUT2D eigenvalue weighted by Gasteiger charge is 2.49. The van der Waals surface area contributed by atoms with Crippen molar-refractivity contribution in [2.45, 2.75) is 58.4 Å². The van der Waals surface area contributed by atoms with Gasteiger partial charge in [0.2, 0.25) is 0 Å². The SMILES string of the molecule is CCCNC1(C(=O)OCC)CCCC1CCOCC. The van der Waals surface area contributed by atoms with E-state index >= 15 is 0 Å². The maximum absolute atomic E-state index is 12.4. The Morgan fingerprint density at radius 3 is 2.74 bits per heavy atom. The molecule has 0 heterocycles. The van der Waals surface area contributed by atoms with Gasteiger partial charge in [-0.1, -0.05) is 13.3 Å². The van der Waals surface area contributed by atoms with Gasteiger partial charge in [-0.15, -0.1) is 0 Å². The molecule has 1 fully saturated rings. The van der Waals surface area contributed by atoms with E-state index in [1.54, 1.807) is 0 Å². The summed E-state index contributed by atoms with van der Waals surface area (Å²) in [5.74, 6) is 0.270. The van der Waals surface area contributed by atoms with Crippen LogP contribution in [0.5, 0.6) is 0 Å². The summed E-state index contributed by atoms with van der Waals surface area (Å²) in [6, 6.07) is 0. The summed E-state index contributed by atoms with van der Waals surface area (Å²) in [5.41, 5.74) is -0.469.